The third-order valence-corrected chi connectivity index (χ3v) is 4.45. The Balaban J connectivity index is 2.92. The largest absolute Gasteiger partial charge is 0.300 e. The first kappa shape index (κ1) is 18.9. The van der Waals surface area contributed by atoms with Gasteiger partial charge in [0.15, 0.2) is 0 Å². The van der Waals surface area contributed by atoms with E-state index in [2.05, 4.69) is 32.9 Å². The summed E-state index contributed by atoms with van der Waals surface area (Å²) in [5.74, 6) is 1.66. The summed E-state index contributed by atoms with van der Waals surface area (Å²) in [6, 6.07) is 0. The minimum atomic E-state index is 0.171. The summed E-state index contributed by atoms with van der Waals surface area (Å²) in [5.41, 5.74) is 2.53. The number of hydrogen-bond acceptors (Lipinski definition) is 2. The van der Waals surface area contributed by atoms with Gasteiger partial charge in [-0.2, -0.15) is 0 Å². The lowest BCUT2D eigenvalue weighted by molar-refractivity contribution is -0.121. The van der Waals surface area contributed by atoms with Crippen LogP contribution >= 0.6 is 0 Å². The second kappa shape index (κ2) is 9.07. The van der Waals surface area contributed by atoms with Crippen LogP contribution < -0.4 is 0 Å². The van der Waals surface area contributed by atoms with Gasteiger partial charge in [0.2, 0.25) is 0 Å². The van der Waals surface area contributed by atoms with Crippen molar-refractivity contribution in [3.05, 3.63) is 23.3 Å². The van der Waals surface area contributed by atoms with E-state index in [1.165, 1.54) is 5.57 Å². The van der Waals surface area contributed by atoms with Gasteiger partial charge in [0, 0.05) is 25.7 Å². The average Bonchev–Trinajstić information content (AvgIpc) is 2.36. The highest BCUT2D eigenvalue weighted by Gasteiger charge is 2.17. The van der Waals surface area contributed by atoms with E-state index in [-0.39, 0.29) is 11.7 Å². The Hall–Kier alpha value is -1.18. The first-order chi connectivity index (χ1) is 10.3. The second-order valence-corrected chi connectivity index (χ2v) is 7.52. The van der Waals surface area contributed by atoms with Crippen molar-refractivity contribution in [2.75, 3.05) is 0 Å². The zero-order valence-electron chi connectivity index (χ0n) is 14.9. The second-order valence-electron chi connectivity index (χ2n) is 7.52. The molecule has 0 saturated heterocycles. The minimum absolute atomic E-state index is 0.171. The van der Waals surface area contributed by atoms with E-state index in [1.54, 1.807) is 0 Å². The van der Waals surface area contributed by atoms with Gasteiger partial charge in [-0.25, -0.2) is 0 Å². The molecule has 0 N–H and O–H groups in total. The highest BCUT2D eigenvalue weighted by atomic mass is 16.1. The third-order valence-electron chi connectivity index (χ3n) is 4.45. The molecule has 0 radical (unpaired) electrons. The highest BCUT2D eigenvalue weighted by molar-refractivity contribution is 5.83. The first-order valence-electron chi connectivity index (χ1n) is 8.67. The number of carbonyl (C=O) groups is 2. The van der Waals surface area contributed by atoms with Crippen LogP contribution in [0.3, 0.4) is 0 Å². The van der Waals surface area contributed by atoms with Gasteiger partial charge in [-0.15, -0.1) is 0 Å². The summed E-state index contributed by atoms with van der Waals surface area (Å²) in [4.78, 5) is 24.2. The maximum absolute atomic E-state index is 12.1. The van der Waals surface area contributed by atoms with Crippen molar-refractivity contribution in [2.24, 2.45) is 17.8 Å². The summed E-state index contributed by atoms with van der Waals surface area (Å²) in [6.45, 7) is 10.6. The van der Waals surface area contributed by atoms with E-state index in [4.69, 9.17) is 0 Å². The molecule has 2 nitrogen and oxygen atoms in total. The molecule has 0 spiro atoms. The zero-order chi connectivity index (χ0) is 16.7. The van der Waals surface area contributed by atoms with Crippen molar-refractivity contribution in [1.29, 1.82) is 0 Å². The van der Waals surface area contributed by atoms with E-state index in [1.807, 2.05) is 13.8 Å². The highest BCUT2D eigenvalue weighted by Crippen LogP contribution is 2.23. The molecule has 0 fully saturated rings. The molecule has 124 valence electrons. The normalized spacial score (nSPS) is 31.2. The molecular weight excluding hydrogens is 272 g/mol. The third kappa shape index (κ3) is 7.20. The van der Waals surface area contributed by atoms with Crippen molar-refractivity contribution in [3.8, 4) is 0 Å². The van der Waals surface area contributed by atoms with Crippen LogP contribution in [0.4, 0.5) is 0 Å². The number of ketones is 2. The molecular formula is C20H32O2. The number of rotatable bonds is 1. The van der Waals surface area contributed by atoms with E-state index >= 15 is 0 Å². The van der Waals surface area contributed by atoms with Crippen LogP contribution in [0.2, 0.25) is 0 Å². The summed E-state index contributed by atoms with van der Waals surface area (Å²) < 4.78 is 0. The van der Waals surface area contributed by atoms with Crippen LogP contribution in [0, 0.1) is 17.8 Å². The molecule has 0 heterocycles. The van der Waals surface area contributed by atoms with Crippen molar-refractivity contribution in [2.45, 2.75) is 73.1 Å². The number of Topliss-reactive ketones (excluding diaryl/α,β-unsaturated/α-hetero) is 2. The quantitative estimate of drug-likeness (QED) is 0.660. The number of allylic oxidation sites excluding steroid dienone is 4. The molecule has 2 unspecified atom stereocenters. The van der Waals surface area contributed by atoms with E-state index in [0.29, 0.717) is 43.3 Å². The van der Waals surface area contributed by atoms with Gasteiger partial charge in [-0.05, 0) is 37.5 Å². The van der Waals surface area contributed by atoms with Crippen LogP contribution in [0.25, 0.3) is 0 Å². The lowest BCUT2D eigenvalue weighted by atomic mass is 9.88. The van der Waals surface area contributed by atoms with Gasteiger partial charge in [0.25, 0.3) is 0 Å². The fourth-order valence-corrected chi connectivity index (χ4v) is 3.09. The molecule has 2 atom stereocenters. The van der Waals surface area contributed by atoms with E-state index in [0.717, 1.165) is 18.4 Å². The van der Waals surface area contributed by atoms with Crippen LogP contribution in [-0.2, 0) is 9.59 Å². The Bertz CT molecular complexity index is 454. The SMILES string of the molecule is C/C1=C\C=C(/C(C)C)CCC(C)CC(=O)CC(C)CC(=O)C1. The van der Waals surface area contributed by atoms with Crippen molar-refractivity contribution in [3.63, 3.8) is 0 Å². The number of hydrogen-bond donors (Lipinski definition) is 0. The minimum Gasteiger partial charge on any atom is -0.300 e. The first-order valence-corrected chi connectivity index (χ1v) is 8.67. The Kier molecular flexibility index (Phi) is 7.78. The molecule has 0 bridgehead atoms. The molecule has 0 aromatic heterocycles. The van der Waals surface area contributed by atoms with Gasteiger partial charge >= 0.3 is 0 Å². The Morgan fingerprint density at radius 1 is 0.955 bits per heavy atom. The fourth-order valence-electron chi connectivity index (χ4n) is 3.09. The molecule has 0 amide bonds. The van der Waals surface area contributed by atoms with Crippen molar-refractivity contribution in [1.82, 2.24) is 0 Å². The summed E-state index contributed by atoms with van der Waals surface area (Å²) >= 11 is 0. The summed E-state index contributed by atoms with van der Waals surface area (Å²) in [7, 11) is 0. The monoisotopic (exact) mass is 304 g/mol. The van der Waals surface area contributed by atoms with Crippen molar-refractivity contribution >= 4 is 11.6 Å². The molecule has 0 aliphatic heterocycles. The summed E-state index contributed by atoms with van der Waals surface area (Å²) in [5, 5.41) is 0. The van der Waals surface area contributed by atoms with Crippen LogP contribution in [0.15, 0.2) is 23.3 Å². The maximum atomic E-state index is 12.1. The molecule has 0 saturated carbocycles. The standard InChI is InChI=1S/C20H32O2/c1-14(2)18-8-6-15(3)10-19(21)12-17(5)13-20(22)11-16(4)7-9-18/h6,8,14,16-17H,7,9-13H2,1-5H3/b15-6+,18-8-. The predicted octanol–water partition coefficient (Wildman–Crippen LogP) is 5.28. The number of carbonyl (C=O) groups excluding carboxylic acids is 2. The van der Waals surface area contributed by atoms with Crippen LogP contribution in [0.5, 0.6) is 0 Å². The molecule has 1 rings (SSSR count). The van der Waals surface area contributed by atoms with Crippen LogP contribution in [-0.4, -0.2) is 11.6 Å². The Morgan fingerprint density at radius 2 is 1.55 bits per heavy atom. The summed E-state index contributed by atoms with van der Waals surface area (Å²) in [6.07, 6.45) is 8.64. The molecule has 1 aliphatic rings. The molecule has 1 aliphatic carbocycles. The topological polar surface area (TPSA) is 34.1 Å². The molecule has 22 heavy (non-hydrogen) atoms. The lowest BCUT2D eigenvalue weighted by Crippen LogP contribution is -2.13. The van der Waals surface area contributed by atoms with Gasteiger partial charge in [0.1, 0.15) is 11.6 Å². The van der Waals surface area contributed by atoms with Gasteiger partial charge in [-0.1, -0.05) is 51.0 Å². The zero-order valence-corrected chi connectivity index (χ0v) is 14.9. The smallest absolute Gasteiger partial charge is 0.137 e. The van der Waals surface area contributed by atoms with E-state index < -0.39 is 0 Å². The Morgan fingerprint density at radius 3 is 2.18 bits per heavy atom. The van der Waals surface area contributed by atoms with Gasteiger partial charge in [-0.3, -0.25) is 9.59 Å². The Labute approximate surface area is 136 Å². The van der Waals surface area contributed by atoms with Gasteiger partial charge in [0.05, 0.1) is 0 Å². The fraction of sp³-hybridized carbons (Fsp3) is 0.700. The van der Waals surface area contributed by atoms with Crippen molar-refractivity contribution < 1.29 is 9.59 Å². The average molecular weight is 304 g/mol. The molecule has 2 heteroatoms. The lowest BCUT2D eigenvalue weighted by Gasteiger charge is -2.17. The maximum Gasteiger partial charge on any atom is 0.137 e. The van der Waals surface area contributed by atoms with Gasteiger partial charge < -0.3 is 0 Å². The van der Waals surface area contributed by atoms with E-state index in [9.17, 15) is 9.59 Å². The predicted molar refractivity (Wildman–Crippen MR) is 92.7 cm³/mol. The molecule has 0 aromatic carbocycles. The van der Waals surface area contributed by atoms with Crippen LogP contribution in [0.1, 0.15) is 73.1 Å². The molecule has 0 aromatic rings.